The lowest BCUT2D eigenvalue weighted by molar-refractivity contribution is 0.133. The maximum atomic E-state index is 9.09. The summed E-state index contributed by atoms with van der Waals surface area (Å²) >= 11 is 1.64. The van der Waals surface area contributed by atoms with Crippen LogP contribution in [0.3, 0.4) is 0 Å². The molecule has 12 heavy (non-hydrogen) atoms. The van der Waals surface area contributed by atoms with Gasteiger partial charge < -0.3 is 10.8 Å². The highest BCUT2D eigenvalue weighted by atomic mass is 32.1. The zero-order valence-corrected chi connectivity index (χ0v) is 8.27. The topological polar surface area (TPSA) is 46.2 Å². The Morgan fingerprint density at radius 2 is 2.33 bits per heavy atom. The summed E-state index contributed by atoms with van der Waals surface area (Å²) in [5.41, 5.74) is 5.75. The first kappa shape index (κ1) is 9.71. The molecule has 0 unspecified atom stereocenters. The second-order valence-corrected chi connectivity index (χ2v) is 4.62. The fourth-order valence-corrected chi connectivity index (χ4v) is 1.89. The van der Waals surface area contributed by atoms with Crippen LogP contribution in [-0.2, 0) is 0 Å². The van der Waals surface area contributed by atoms with Crippen LogP contribution in [0.1, 0.15) is 24.8 Å². The molecule has 0 aliphatic carbocycles. The minimum absolute atomic E-state index is 0.0671. The Balaban J connectivity index is 2.78. The zero-order valence-electron chi connectivity index (χ0n) is 7.45. The van der Waals surface area contributed by atoms with Gasteiger partial charge in [-0.25, -0.2) is 0 Å². The Hall–Kier alpha value is -0.380. The average molecular weight is 185 g/mol. The molecule has 2 nitrogen and oxygen atoms in total. The van der Waals surface area contributed by atoms with E-state index in [1.165, 1.54) is 0 Å². The van der Waals surface area contributed by atoms with E-state index < -0.39 is 0 Å². The predicted molar refractivity (Wildman–Crippen MR) is 52.1 cm³/mol. The first-order valence-corrected chi connectivity index (χ1v) is 4.86. The highest BCUT2D eigenvalue weighted by Crippen LogP contribution is 2.32. The molecule has 0 aromatic carbocycles. The molecular weight excluding hydrogens is 170 g/mol. The second-order valence-electron chi connectivity index (χ2n) is 3.64. The van der Waals surface area contributed by atoms with Gasteiger partial charge in [-0.1, -0.05) is 19.9 Å². The fourth-order valence-electron chi connectivity index (χ4n) is 0.952. The third-order valence-electron chi connectivity index (χ3n) is 2.10. The largest absolute Gasteiger partial charge is 0.396 e. The summed E-state index contributed by atoms with van der Waals surface area (Å²) in [5, 5.41) is 11.1. The molecule has 0 saturated heterocycles. The maximum Gasteiger partial charge on any atom is 0.0500 e. The van der Waals surface area contributed by atoms with Gasteiger partial charge >= 0.3 is 0 Å². The van der Waals surface area contributed by atoms with Crippen molar-refractivity contribution < 1.29 is 5.11 Å². The van der Waals surface area contributed by atoms with Crippen LogP contribution >= 0.6 is 11.3 Å². The second kappa shape index (κ2) is 3.56. The van der Waals surface area contributed by atoms with E-state index in [-0.39, 0.29) is 18.1 Å². The lowest BCUT2D eigenvalue weighted by Crippen LogP contribution is -2.31. The molecule has 0 radical (unpaired) electrons. The molecule has 1 aromatic heterocycles. The van der Waals surface area contributed by atoms with Crippen LogP contribution in [0.4, 0.5) is 0 Å². The molecule has 0 aliphatic rings. The number of aliphatic hydroxyl groups excluding tert-OH is 1. The predicted octanol–water partition coefficient (Wildman–Crippen LogP) is 1.77. The number of nitrogens with two attached hydrogens (primary N) is 1. The van der Waals surface area contributed by atoms with Gasteiger partial charge in [0.25, 0.3) is 0 Å². The first-order valence-electron chi connectivity index (χ1n) is 3.98. The van der Waals surface area contributed by atoms with E-state index in [1.54, 1.807) is 11.3 Å². The van der Waals surface area contributed by atoms with Crippen LogP contribution < -0.4 is 5.73 Å². The minimum atomic E-state index is -0.231. The molecule has 0 spiro atoms. The highest BCUT2D eigenvalue weighted by Gasteiger charge is 2.27. The SMILES string of the molecule is CC(C)(CO)[C@@H](N)c1cccs1. The molecule has 1 heterocycles. The van der Waals surface area contributed by atoms with Crippen LogP contribution in [-0.4, -0.2) is 11.7 Å². The summed E-state index contributed by atoms with van der Waals surface area (Å²) in [4.78, 5) is 1.13. The molecule has 1 aromatic rings. The van der Waals surface area contributed by atoms with Gasteiger partial charge in [0.15, 0.2) is 0 Å². The van der Waals surface area contributed by atoms with Crippen molar-refractivity contribution in [2.45, 2.75) is 19.9 Å². The van der Waals surface area contributed by atoms with Gasteiger partial charge in [-0.15, -0.1) is 11.3 Å². The highest BCUT2D eigenvalue weighted by molar-refractivity contribution is 7.10. The number of hydrogen-bond acceptors (Lipinski definition) is 3. The van der Waals surface area contributed by atoms with E-state index in [1.807, 2.05) is 31.4 Å². The summed E-state index contributed by atoms with van der Waals surface area (Å²) in [5.74, 6) is 0. The molecule has 3 N–H and O–H groups in total. The lowest BCUT2D eigenvalue weighted by atomic mass is 9.85. The number of rotatable bonds is 3. The fraction of sp³-hybridized carbons (Fsp3) is 0.556. The van der Waals surface area contributed by atoms with E-state index in [0.717, 1.165) is 4.88 Å². The molecule has 1 rings (SSSR count). The monoisotopic (exact) mass is 185 g/mol. The van der Waals surface area contributed by atoms with E-state index >= 15 is 0 Å². The van der Waals surface area contributed by atoms with E-state index in [0.29, 0.717) is 0 Å². The maximum absolute atomic E-state index is 9.09. The molecule has 1 atom stereocenters. The summed E-state index contributed by atoms with van der Waals surface area (Å²) in [6, 6.07) is 3.92. The molecule has 3 heteroatoms. The van der Waals surface area contributed by atoms with E-state index in [2.05, 4.69) is 0 Å². The van der Waals surface area contributed by atoms with Crippen molar-refractivity contribution in [2.24, 2.45) is 11.1 Å². The normalized spacial score (nSPS) is 14.7. The Morgan fingerprint density at radius 3 is 2.75 bits per heavy atom. The van der Waals surface area contributed by atoms with Crippen molar-refractivity contribution in [1.82, 2.24) is 0 Å². The van der Waals surface area contributed by atoms with Gasteiger partial charge in [-0.2, -0.15) is 0 Å². The van der Waals surface area contributed by atoms with Gasteiger partial charge in [0.2, 0.25) is 0 Å². The van der Waals surface area contributed by atoms with Crippen molar-refractivity contribution >= 4 is 11.3 Å². The average Bonchev–Trinajstić information content (AvgIpc) is 2.55. The van der Waals surface area contributed by atoms with Crippen LogP contribution in [0.25, 0.3) is 0 Å². The minimum Gasteiger partial charge on any atom is -0.396 e. The molecule has 0 amide bonds. The van der Waals surface area contributed by atoms with Gasteiger partial charge in [0, 0.05) is 16.3 Å². The van der Waals surface area contributed by atoms with Crippen molar-refractivity contribution in [1.29, 1.82) is 0 Å². The Morgan fingerprint density at radius 1 is 1.67 bits per heavy atom. The van der Waals surface area contributed by atoms with E-state index in [4.69, 9.17) is 10.8 Å². The third-order valence-corrected chi connectivity index (χ3v) is 3.05. The smallest absolute Gasteiger partial charge is 0.0500 e. The Kier molecular flexibility index (Phi) is 2.88. The van der Waals surface area contributed by atoms with Gasteiger partial charge in [0.05, 0.1) is 6.61 Å². The van der Waals surface area contributed by atoms with E-state index in [9.17, 15) is 0 Å². The Labute approximate surface area is 77.0 Å². The van der Waals surface area contributed by atoms with Gasteiger partial charge in [-0.05, 0) is 11.4 Å². The standard InChI is InChI=1S/C9H15NOS/c1-9(2,6-11)8(10)7-4-3-5-12-7/h3-5,8,11H,6,10H2,1-2H3/t8-/m0/s1. The van der Waals surface area contributed by atoms with Crippen LogP contribution in [0.2, 0.25) is 0 Å². The van der Waals surface area contributed by atoms with Crippen LogP contribution in [0.5, 0.6) is 0 Å². The molecule has 68 valence electrons. The number of thiophene rings is 1. The molecule has 0 bridgehead atoms. The number of aliphatic hydroxyl groups is 1. The quantitative estimate of drug-likeness (QED) is 0.754. The number of hydrogen-bond donors (Lipinski definition) is 2. The zero-order chi connectivity index (χ0) is 9.19. The van der Waals surface area contributed by atoms with Crippen molar-refractivity contribution in [3.05, 3.63) is 22.4 Å². The molecule has 0 aliphatic heterocycles. The van der Waals surface area contributed by atoms with Crippen LogP contribution in [0, 0.1) is 5.41 Å². The summed E-state index contributed by atoms with van der Waals surface area (Å²) in [6.07, 6.45) is 0. The summed E-state index contributed by atoms with van der Waals surface area (Å²) < 4.78 is 0. The van der Waals surface area contributed by atoms with Gasteiger partial charge in [0.1, 0.15) is 0 Å². The van der Waals surface area contributed by atoms with Crippen molar-refractivity contribution in [3.8, 4) is 0 Å². The van der Waals surface area contributed by atoms with Crippen molar-refractivity contribution in [2.75, 3.05) is 6.61 Å². The summed E-state index contributed by atoms with van der Waals surface area (Å²) in [6.45, 7) is 4.06. The van der Waals surface area contributed by atoms with Gasteiger partial charge in [-0.3, -0.25) is 0 Å². The molecule has 0 fully saturated rings. The first-order chi connectivity index (χ1) is 5.58. The molecule has 0 saturated carbocycles. The summed E-state index contributed by atoms with van der Waals surface area (Å²) in [7, 11) is 0. The third kappa shape index (κ3) is 1.86. The Bertz CT molecular complexity index is 231. The van der Waals surface area contributed by atoms with Crippen molar-refractivity contribution in [3.63, 3.8) is 0 Å². The molecular formula is C9H15NOS. The van der Waals surface area contributed by atoms with Crippen LogP contribution in [0.15, 0.2) is 17.5 Å². The lowest BCUT2D eigenvalue weighted by Gasteiger charge is -2.28.